The van der Waals surface area contributed by atoms with Gasteiger partial charge in [-0.1, -0.05) is 0 Å². The summed E-state index contributed by atoms with van der Waals surface area (Å²) in [6.07, 6.45) is 1.85. The normalized spacial score (nSPS) is 17.8. The maximum Gasteiger partial charge on any atom is 0.264 e. The Bertz CT molecular complexity index is 550. The predicted molar refractivity (Wildman–Crippen MR) is 66.8 cm³/mol. The minimum Gasteiger partial charge on any atom is -0.493 e. The molecule has 0 unspecified atom stereocenters. The summed E-state index contributed by atoms with van der Waals surface area (Å²) in [5.41, 5.74) is 2.21. The molecule has 18 heavy (non-hydrogen) atoms. The van der Waals surface area contributed by atoms with E-state index in [9.17, 15) is 8.42 Å². The van der Waals surface area contributed by atoms with Crippen LogP contribution in [0, 0.1) is 0 Å². The van der Waals surface area contributed by atoms with Gasteiger partial charge in [-0.05, 0) is 29.7 Å². The van der Waals surface area contributed by atoms with Crippen molar-refractivity contribution in [2.24, 2.45) is 0 Å². The standard InChI is InChI=1S/C12H16O5S/c1-15-11-5-8-4-9(7-17-18(3,13)14)10(8)6-12(11)16-2/h5-6,9H,4,7H2,1-3H3/t9-/m1/s1. The molecule has 0 N–H and O–H groups in total. The molecule has 0 heterocycles. The summed E-state index contributed by atoms with van der Waals surface area (Å²) in [5, 5.41) is 0. The van der Waals surface area contributed by atoms with Crippen LogP contribution in [0.5, 0.6) is 11.5 Å². The smallest absolute Gasteiger partial charge is 0.264 e. The van der Waals surface area contributed by atoms with Gasteiger partial charge in [0.25, 0.3) is 10.1 Å². The van der Waals surface area contributed by atoms with Crippen molar-refractivity contribution in [2.45, 2.75) is 12.3 Å². The molecule has 5 nitrogen and oxygen atoms in total. The van der Waals surface area contributed by atoms with Crippen LogP contribution in [0.2, 0.25) is 0 Å². The molecule has 6 heteroatoms. The highest BCUT2D eigenvalue weighted by molar-refractivity contribution is 7.85. The second-order valence-electron chi connectivity index (χ2n) is 4.30. The third-order valence-electron chi connectivity index (χ3n) is 3.03. The lowest BCUT2D eigenvalue weighted by atomic mass is 9.78. The summed E-state index contributed by atoms with van der Waals surface area (Å²) in [4.78, 5) is 0. The van der Waals surface area contributed by atoms with Crippen molar-refractivity contribution in [3.05, 3.63) is 23.3 Å². The molecule has 1 aliphatic carbocycles. The van der Waals surface area contributed by atoms with E-state index in [-0.39, 0.29) is 12.5 Å². The molecule has 1 aromatic carbocycles. The summed E-state index contributed by atoms with van der Waals surface area (Å²) in [7, 11) is -0.218. The van der Waals surface area contributed by atoms with Crippen molar-refractivity contribution in [3.8, 4) is 11.5 Å². The zero-order valence-corrected chi connectivity index (χ0v) is 11.4. The summed E-state index contributed by atoms with van der Waals surface area (Å²) in [5.74, 6) is 1.45. The molecule has 0 saturated heterocycles. The van der Waals surface area contributed by atoms with E-state index in [1.165, 1.54) is 0 Å². The zero-order chi connectivity index (χ0) is 13.3. The van der Waals surface area contributed by atoms with Crippen molar-refractivity contribution < 1.29 is 22.1 Å². The molecule has 0 aliphatic heterocycles. The Kier molecular flexibility index (Phi) is 3.49. The van der Waals surface area contributed by atoms with E-state index >= 15 is 0 Å². The van der Waals surface area contributed by atoms with Gasteiger partial charge in [0.15, 0.2) is 11.5 Å². The van der Waals surface area contributed by atoms with Gasteiger partial charge in [0, 0.05) is 5.92 Å². The third-order valence-corrected chi connectivity index (χ3v) is 3.60. The lowest BCUT2D eigenvalue weighted by Crippen LogP contribution is -2.23. The number of rotatable bonds is 5. The van der Waals surface area contributed by atoms with Crippen LogP contribution in [0.1, 0.15) is 17.0 Å². The van der Waals surface area contributed by atoms with E-state index in [0.29, 0.717) is 11.5 Å². The number of hydrogen-bond donors (Lipinski definition) is 0. The van der Waals surface area contributed by atoms with Gasteiger partial charge in [0.2, 0.25) is 0 Å². The molecule has 0 spiro atoms. The highest BCUT2D eigenvalue weighted by Gasteiger charge is 2.29. The Morgan fingerprint density at radius 2 is 1.83 bits per heavy atom. The van der Waals surface area contributed by atoms with E-state index in [1.807, 2.05) is 12.1 Å². The summed E-state index contributed by atoms with van der Waals surface area (Å²) in [6.45, 7) is 0.182. The number of hydrogen-bond acceptors (Lipinski definition) is 5. The molecule has 100 valence electrons. The monoisotopic (exact) mass is 272 g/mol. The van der Waals surface area contributed by atoms with Crippen LogP contribution in [-0.2, 0) is 20.7 Å². The van der Waals surface area contributed by atoms with Crippen LogP contribution in [0.3, 0.4) is 0 Å². The number of fused-ring (bicyclic) bond motifs is 1. The van der Waals surface area contributed by atoms with E-state index < -0.39 is 10.1 Å². The molecule has 0 bridgehead atoms. The molecule has 0 radical (unpaired) electrons. The second-order valence-corrected chi connectivity index (χ2v) is 5.94. The maximum absolute atomic E-state index is 10.9. The number of ether oxygens (including phenoxy) is 2. The van der Waals surface area contributed by atoms with Gasteiger partial charge in [-0.15, -0.1) is 0 Å². The van der Waals surface area contributed by atoms with Gasteiger partial charge >= 0.3 is 0 Å². The van der Waals surface area contributed by atoms with Gasteiger partial charge in [-0.3, -0.25) is 4.18 Å². The van der Waals surface area contributed by atoms with E-state index in [1.54, 1.807) is 14.2 Å². The SMILES string of the molecule is COc1cc2c(cc1OC)[C@@H](COS(C)(=O)=O)C2. The quantitative estimate of drug-likeness (QED) is 0.756. The molecular formula is C12H16O5S. The topological polar surface area (TPSA) is 61.8 Å². The molecule has 0 fully saturated rings. The van der Waals surface area contributed by atoms with Gasteiger partial charge < -0.3 is 9.47 Å². The fourth-order valence-electron chi connectivity index (χ4n) is 2.09. The van der Waals surface area contributed by atoms with E-state index in [0.717, 1.165) is 23.8 Å². The van der Waals surface area contributed by atoms with Crippen LogP contribution in [0.4, 0.5) is 0 Å². The minimum absolute atomic E-state index is 0.106. The average Bonchev–Trinajstić information content (AvgIpc) is 2.28. The summed E-state index contributed by atoms with van der Waals surface area (Å²) in [6, 6.07) is 3.80. The maximum atomic E-state index is 10.9. The number of methoxy groups -OCH3 is 2. The van der Waals surface area contributed by atoms with E-state index in [2.05, 4.69) is 0 Å². The molecule has 0 aromatic heterocycles. The van der Waals surface area contributed by atoms with Crippen molar-refractivity contribution >= 4 is 10.1 Å². The first-order chi connectivity index (χ1) is 8.44. The first kappa shape index (κ1) is 13.2. The highest BCUT2D eigenvalue weighted by atomic mass is 32.2. The lowest BCUT2D eigenvalue weighted by Gasteiger charge is -2.30. The number of benzene rings is 1. The molecule has 2 rings (SSSR count). The van der Waals surface area contributed by atoms with Crippen LogP contribution >= 0.6 is 0 Å². The van der Waals surface area contributed by atoms with Crippen molar-refractivity contribution in [1.82, 2.24) is 0 Å². The average molecular weight is 272 g/mol. The van der Waals surface area contributed by atoms with Crippen molar-refractivity contribution in [1.29, 1.82) is 0 Å². The zero-order valence-electron chi connectivity index (χ0n) is 10.6. The Labute approximate surface area is 107 Å². The van der Waals surface area contributed by atoms with Gasteiger partial charge in [0.1, 0.15) is 0 Å². The van der Waals surface area contributed by atoms with Gasteiger partial charge in [0.05, 0.1) is 27.1 Å². The van der Waals surface area contributed by atoms with Crippen molar-refractivity contribution in [3.63, 3.8) is 0 Å². The Balaban J connectivity index is 2.15. The molecule has 1 atom stereocenters. The highest BCUT2D eigenvalue weighted by Crippen LogP contribution is 2.42. The van der Waals surface area contributed by atoms with Crippen LogP contribution < -0.4 is 9.47 Å². The van der Waals surface area contributed by atoms with Crippen molar-refractivity contribution in [2.75, 3.05) is 27.1 Å². The molecule has 1 aliphatic rings. The molecule has 0 amide bonds. The Morgan fingerprint density at radius 1 is 1.22 bits per heavy atom. The second kappa shape index (κ2) is 4.78. The summed E-state index contributed by atoms with van der Waals surface area (Å²) < 4.78 is 37.1. The summed E-state index contributed by atoms with van der Waals surface area (Å²) >= 11 is 0. The predicted octanol–water partition coefficient (Wildman–Crippen LogP) is 1.32. The molecule has 0 saturated carbocycles. The first-order valence-corrected chi connectivity index (χ1v) is 7.35. The third kappa shape index (κ3) is 2.59. The molecular weight excluding hydrogens is 256 g/mol. The van der Waals surface area contributed by atoms with Crippen LogP contribution in [0.15, 0.2) is 12.1 Å². The van der Waals surface area contributed by atoms with Crippen LogP contribution in [0.25, 0.3) is 0 Å². The first-order valence-electron chi connectivity index (χ1n) is 5.54. The Morgan fingerprint density at radius 3 is 2.39 bits per heavy atom. The fraction of sp³-hybridized carbons (Fsp3) is 0.500. The Hall–Kier alpha value is -1.27. The minimum atomic E-state index is -3.38. The van der Waals surface area contributed by atoms with Crippen LogP contribution in [-0.4, -0.2) is 35.5 Å². The van der Waals surface area contributed by atoms with E-state index in [4.69, 9.17) is 13.7 Å². The molecule has 1 aromatic rings. The van der Waals surface area contributed by atoms with Gasteiger partial charge in [-0.25, -0.2) is 0 Å². The largest absolute Gasteiger partial charge is 0.493 e. The fourth-order valence-corrected chi connectivity index (χ4v) is 2.50. The lowest BCUT2D eigenvalue weighted by molar-refractivity contribution is 0.280. The van der Waals surface area contributed by atoms with Gasteiger partial charge in [-0.2, -0.15) is 8.42 Å².